The van der Waals surface area contributed by atoms with Crippen LogP contribution in [0, 0.1) is 12.7 Å². The summed E-state index contributed by atoms with van der Waals surface area (Å²) >= 11 is 6.67. The van der Waals surface area contributed by atoms with Crippen LogP contribution in [0.5, 0.6) is 5.75 Å². The van der Waals surface area contributed by atoms with Crippen LogP contribution >= 0.6 is 11.6 Å². The molecule has 0 unspecified atom stereocenters. The van der Waals surface area contributed by atoms with Crippen LogP contribution in [0.2, 0.25) is 5.02 Å². The first kappa shape index (κ1) is 27.3. The molecule has 5 rings (SSSR count). The van der Waals surface area contributed by atoms with E-state index in [-0.39, 0.29) is 59.3 Å². The number of phenols is 1. The first-order chi connectivity index (χ1) is 19.0. The molecule has 0 radical (unpaired) electrons. The van der Waals surface area contributed by atoms with Gasteiger partial charge in [0.1, 0.15) is 17.4 Å². The number of aryl methyl sites for hydroxylation is 1. The van der Waals surface area contributed by atoms with Crippen LogP contribution in [0.1, 0.15) is 37.9 Å². The fourth-order valence-electron chi connectivity index (χ4n) is 5.18. The molecule has 4 aromatic rings. The van der Waals surface area contributed by atoms with Crippen LogP contribution in [-0.4, -0.2) is 66.4 Å². The molecule has 0 saturated carbocycles. The number of phenolic OH excluding ortho intramolecular Hbond substituents is 1. The third-order valence-electron chi connectivity index (χ3n) is 7.12. The number of aromatic hydroxyl groups is 1. The molecule has 0 bridgehead atoms. The van der Waals surface area contributed by atoms with Gasteiger partial charge in [0.25, 0.3) is 0 Å². The Balaban J connectivity index is 1.86. The molecule has 208 valence electrons. The van der Waals surface area contributed by atoms with E-state index >= 15 is 0 Å². The quantitative estimate of drug-likeness (QED) is 0.355. The summed E-state index contributed by atoms with van der Waals surface area (Å²) in [5, 5.41) is 20.4. The number of fused-ring (bicyclic) bond motifs is 1. The third-order valence-corrected chi connectivity index (χ3v) is 7.41. The molecular formula is C28H28ClFN6O4. The van der Waals surface area contributed by atoms with Gasteiger partial charge in [-0.3, -0.25) is 4.98 Å². The Kier molecular flexibility index (Phi) is 7.09. The molecule has 10 nitrogen and oxygen atoms in total. The zero-order valence-electron chi connectivity index (χ0n) is 22.4. The normalized spacial score (nSPS) is 15.7. The SMILES string of the molecule is Cc1ccnc(C(C)C)c1-n1c(=O)nc(N2CCN(C(=O)O)C[C@@H]2C)c2cc(Cl)c(-c3c(O)cccc3F)nc21. The van der Waals surface area contributed by atoms with Crippen molar-refractivity contribution in [3.63, 3.8) is 0 Å². The van der Waals surface area contributed by atoms with Crippen molar-refractivity contribution in [2.75, 3.05) is 24.5 Å². The Hall–Kier alpha value is -4.25. The van der Waals surface area contributed by atoms with Gasteiger partial charge in [0, 0.05) is 31.9 Å². The van der Waals surface area contributed by atoms with E-state index in [4.69, 9.17) is 16.6 Å². The summed E-state index contributed by atoms with van der Waals surface area (Å²) in [6.07, 6.45) is 0.645. The molecule has 0 aliphatic carbocycles. The molecule has 0 spiro atoms. The first-order valence-corrected chi connectivity index (χ1v) is 13.2. The number of amides is 1. The van der Waals surface area contributed by atoms with Gasteiger partial charge in [-0.15, -0.1) is 0 Å². The lowest BCUT2D eigenvalue weighted by molar-refractivity contribution is 0.136. The highest BCUT2D eigenvalue weighted by molar-refractivity contribution is 6.34. The number of piperazine rings is 1. The predicted molar refractivity (Wildman–Crippen MR) is 150 cm³/mol. The van der Waals surface area contributed by atoms with Crippen molar-refractivity contribution in [1.82, 2.24) is 24.4 Å². The highest BCUT2D eigenvalue weighted by Crippen LogP contribution is 2.39. The van der Waals surface area contributed by atoms with E-state index in [0.717, 1.165) is 5.56 Å². The van der Waals surface area contributed by atoms with E-state index in [1.807, 2.05) is 32.6 Å². The lowest BCUT2D eigenvalue weighted by Gasteiger charge is -2.39. The molecule has 2 N–H and O–H groups in total. The van der Waals surface area contributed by atoms with Crippen molar-refractivity contribution in [2.45, 2.75) is 39.7 Å². The molecule has 4 heterocycles. The minimum atomic E-state index is -1.02. The second-order valence-electron chi connectivity index (χ2n) is 10.2. The summed E-state index contributed by atoms with van der Waals surface area (Å²) in [4.78, 5) is 42.3. The van der Waals surface area contributed by atoms with E-state index in [2.05, 4.69) is 9.97 Å². The van der Waals surface area contributed by atoms with E-state index in [9.17, 15) is 24.2 Å². The van der Waals surface area contributed by atoms with Crippen molar-refractivity contribution >= 4 is 34.5 Å². The molecule has 1 aliphatic heterocycles. The molecule has 1 amide bonds. The van der Waals surface area contributed by atoms with Gasteiger partial charge < -0.3 is 20.0 Å². The van der Waals surface area contributed by atoms with E-state index in [1.54, 1.807) is 18.3 Å². The highest BCUT2D eigenvalue weighted by atomic mass is 35.5. The zero-order chi connectivity index (χ0) is 28.9. The topological polar surface area (TPSA) is 125 Å². The third kappa shape index (κ3) is 4.60. The average molecular weight is 567 g/mol. The minimum Gasteiger partial charge on any atom is -0.507 e. The fourth-order valence-corrected chi connectivity index (χ4v) is 5.43. The maximum Gasteiger partial charge on any atom is 0.407 e. The van der Waals surface area contributed by atoms with E-state index in [1.165, 1.54) is 27.7 Å². The van der Waals surface area contributed by atoms with Crippen LogP contribution in [0.4, 0.5) is 15.0 Å². The van der Waals surface area contributed by atoms with Gasteiger partial charge in [0.15, 0.2) is 5.65 Å². The number of rotatable bonds is 4. The number of aromatic nitrogens is 4. The smallest absolute Gasteiger partial charge is 0.407 e. The van der Waals surface area contributed by atoms with Gasteiger partial charge in [-0.2, -0.15) is 4.98 Å². The maximum atomic E-state index is 15.0. The van der Waals surface area contributed by atoms with Crippen molar-refractivity contribution in [2.24, 2.45) is 0 Å². The number of halogens is 2. The van der Waals surface area contributed by atoms with Gasteiger partial charge in [-0.1, -0.05) is 31.5 Å². The highest BCUT2D eigenvalue weighted by Gasteiger charge is 2.31. The van der Waals surface area contributed by atoms with Crippen molar-refractivity contribution in [3.8, 4) is 22.7 Å². The lowest BCUT2D eigenvalue weighted by Crippen LogP contribution is -2.54. The maximum absolute atomic E-state index is 15.0. The van der Waals surface area contributed by atoms with Crippen LogP contribution in [0.25, 0.3) is 28.0 Å². The number of nitrogens with zero attached hydrogens (tertiary/aromatic N) is 6. The summed E-state index contributed by atoms with van der Waals surface area (Å²) in [5.74, 6) is -0.838. The Morgan fingerprint density at radius 1 is 1.20 bits per heavy atom. The zero-order valence-corrected chi connectivity index (χ0v) is 23.1. The number of pyridine rings is 2. The number of carboxylic acid groups (broad SMARTS) is 1. The molecule has 40 heavy (non-hydrogen) atoms. The molecule has 3 aromatic heterocycles. The van der Waals surface area contributed by atoms with Gasteiger partial charge in [-0.05, 0) is 49.6 Å². The van der Waals surface area contributed by atoms with Gasteiger partial charge in [0.2, 0.25) is 0 Å². The van der Waals surface area contributed by atoms with Crippen LogP contribution in [0.3, 0.4) is 0 Å². The number of benzene rings is 1. The van der Waals surface area contributed by atoms with Crippen LogP contribution in [-0.2, 0) is 0 Å². The predicted octanol–water partition coefficient (Wildman–Crippen LogP) is 4.96. The average Bonchev–Trinajstić information content (AvgIpc) is 2.89. The lowest BCUT2D eigenvalue weighted by atomic mass is 10.0. The van der Waals surface area contributed by atoms with E-state index in [0.29, 0.717) is 22.6 Å². The van der Waals surface area contributed by atoms with Crippen LogP contribution in [0.15, 0.2) is 41.3 Å². The van der Waals surface area contributed by atoms with Gasteiger partial charge >= 0.3 is 11.8 Å². The summed E-state index contributed by atoms with van der Waals surface area (Å²) in [6.45, 7) is 8.32. The van der Waals surface area contributed by atoms with Gasteiger partial charge in [0.05, 0.1) is 33.0 Å². The van der Waals surface area contributed by atoms with Crippen molar-refractivity contribution < 1.29 is 19.4 Å². The summed E-state index contributed by atoms with van der Waals surface area (Å²) in [7, 11) is 0. The number of hydrogen-bond donors (Lipinski definition) is 2. The second-order valence-corrected chi connectivity index (χ2v) is 10.6. The summed E-state index contributed by atoms with van der Waals surface area (Å²) in [6, 6.07) is 6.91. The Bertz CT molecular complexity index is 1690. The Morgan fingerprint density at radius 3 is 2.60 bits per heavy atom. The molecule has 1 aliphatic rings. The molecule has 12 heteroatoms. The molecule has 1 saturated heterocycles. The van der Waals surface area contributed by atoms with Crippen LogP contribution < -0.4 is 10.6 Å². The van der Waals surface area contributed by atoms with Crippen molar-refractivity contribution in [3.05, 3.63) is 69.1 Å². The number of anilines is 1. The molecule has 1 fully saturated rings. The fraction of sp³-hybridized carbons (Fsp3) is 0.321. The second kappa shape index (κ2) is 10.4. The largest absolute Gasteiger partial charge is 0.507 e. The van der Waals surface area contributed by atoms with Crippen molar-refractivity contribution in [1.29, 1.82) is 0 Å². The standard InChI is InChI=1S/C28H28ClFN6O4/c1-14(2)22-24(15(3)8-9-31-22)36-26-17(12-18(29)23(32-26)21-19(30)6-5-7-20(21)37)25(33-27(36)38)35-11-10-34(28(39)40)13-16(35)4/h5-9,12,14,16,37H,10-11,13H2,1-4H3,(H,39,40)/t16-/m0/s1. The monoisotopic (exact) mass is 566 g/mol. The Labute approximate surface area is 234 Å². The summed E-state index contributed by atoms with van der Waals surface area (Å²) < 4.78 is 16.3. The first-order valence-electron chi connectivity index (χ1n) is 12.8. The molecule has 1 atom stereocenters. The van der Waals surface area contributed by atoms with E-state index < -0.39 is 17.6 Å². The van der Waals surface area contributed by atoms with Gasteiger partial charge in [-0.25, -0.2) is 23.5 Å². The number of hydrogen-bond acceptors (Lipinski definition) is 7. The minimum absolute atomic E-state index is 0.0357. The molecule has 1 aromatic carbocycles. The summed E-state index contributed by atoms with van der Waals surface area (Å²) in [5.41, 5.74) is 1.21. The number of carbonyl (C=O) groups is 1. The molecular weight excluding hydrogens is 539 g/mol. The Morgan fingerprint density at radius 2 is 1.95 bits per heavy atom.